The quantitative estimate of drug-likeness (QED) is 0.738. The van der Waals surface area contributed by atoms with Crippen molar-refractivity contribution in [1.82, 2.24) is 10.2 Å². The number of rotatable bonds is 7. The lowest BCUT2D eigenvalue weighted by atomic mass is 9.94. The molecule has 0 radical (unpaired) electrons. The number of nitrogens with zero attached hydrogens (tertiary/aromatic N) is 1. The van der Waals surface area contributed by atoms with Crippen LogP contribution >= 0.6 is 11.6 Å². The van der Waals surface area contributed by atoms with Crippen LogP contribution in [0.2, 0.25) is 5.02 Å². The SMILES string of the molecule is CC(NCCCN(C)C1CCCCC1)c1cccc(Cl)c1. The Labute approximate surface area is 134 Å². The third kappa shape index (κ3) is 5.61. The molecule has 118 valence electrons. The van der Waals surface area contributed by atoms with Gasteiger partial charge in [0, 0.05) is 17.1 Å². The highest BCUT2D eigenvalue weighted by molar-refractivity contribution is 6.30. The molecule has 21 heavy (non-hydrogen) atoms. The van der Waals surface area contributed by atoms with Gasteiger partial charge in [-0.2, -0.15) is 0 Å². The van der Waals surface area contributed by atoms with Crippen molar-refractivity contribution in [3.8, 4) is 0 Å². The van der Waals surface area contributed by atoms with Crippen LogP contribution in [0, 0.1) is 0 Å². The van der Waals surface area contributed by atoms with Crippen molar-refractivity contribution in [3.05, 3.63) is 34.9 Å². The van der Waals surface area contributed by atoms with Crippen molar-refractivity contribution >= 4 is 11.6 Å². The highest BCUT2D eigenvalue weighted by atomic mass is 35.5. The fourth-order valence-corrected chi connectivity index (χ4v) is 3.44. The van der Waals surface area contributed by atoms with Gasteiger partial charge in [-0.3, -0.25) is 0 Å². The lowest BCUT2D eigenvalue weighted by Gasteiger charge is -2.31. The maximum Gasteiger partial charge on any atom is 0.0409 e. The molecule has 0 heterocycles. The zero-order valence-electron chi connectivity index (χ0n) is 13.4. The Morgan fingerprint density at radius 3 is 2.76 bits per heavy atom. The number of hydrogen-bond donors (Lipinski definition) is 1. The van der Waals surface area contributed by atoms with Crippen LogP contribution in [0.1, 0.15) is 57.1 Å². The summed E-state index contributed by atoms with van der Waals surface area (Å²) in [5.74, 6) is 0. The van der Waals surface area contributed by atoms with Crippen LogP contribution in [0.5, 0.6) is 0 Å². The summed E-state index contributed by atoms with van der Waals surface area (Å²) >= 11 is 6.04. The van der Waals surface area contributed by atoms with E-state index in [4.69, 9.17) is 11.6 Å². The molecular formula is C18H29ClN2. The third-order valence-electron chi connectivity index (χ3n) is 4.68. The minimum Gasteiger partial charge on any atom is -0.310 e. The summed E-state index contributed by atoms with van der Waals surface area (Å²) in [6.07, 6.45) is 8.25. The van der Waals surface area contributed by atoms with Crippen LogP contribution in [-0.2, 0) is 0 Å². The first-order valence-corrected chi connectivity index (χ1v) is 8.73. The summed E-state index contributed by atoms with van der Waals surface area (Å²) in [5.41, 5.74) is 1.27. The fourth-order valence-electron chi connectivity index (χ4n) is 3.25. The van der Waals surface area contributed by atoms with Crippen molar-refractivity contribution < 1.29 is 0 Å². The van der Waals surface area contributed by atoms with Gasteiger partial charge >= 0.3 is 0 Å². The second kappa shape index (κ2) is 8.77. The monoisotopic (exact) mass is 308 g/mol. The molecule has 1 saturated carbocycles. The predicted octanol–water partition coefficient (Wildman–Crippen LogP) is 4.65. The van der Waals surface area contributed by atoms with E-state index in [1.807, 2.05) is 18.2 Å². The van der Waals surface area contributed by atoms with Crippen LogP contribution in [-0.4, -0.2) is 31.1 Å². The molecule has 1 aromatic rings. The van der Waals surface area contributed by atoms with Crippen LogP contribution in [0.25, 0.3) is 0 Å². The van der Waals surface area contributed by atoms with E-state index in [-0.39, 0.29) is 0 Å². The first kappa shape index (κ1) is 16.8. The molecule has 2 rings (SSSR count). The number of benzene rings is 1. The third-order valence-corrected chi connectivity index (χ3v) is 4.92. The van der Waals surface area contributed by atoms with Crippen LogP contribution in [0.3, 0.4) is 0 Å². The van der Waals surface area contributed by atoms with E-state index in [0.29, 0.717) is 6.04 Å². The van der Waals surface area contributed by atoms with E-state index >= 15 is 0 Å². The molecule has 1 aliphatic carbocycles. The Balaban J connectivity index is 1.64. The largest absolute Gasteiger partial charge is 0.310 e. The highest BCUT2D eigenvalue weighted by Crippen LogP contribution is 2.21. The normalized spacial score (nSPS) is 18.1. The van der Waals surface area contributed by atoms with Gasteiger partial charge in [0.2, 0.25) is 0 Å². The molecule has 0 aromatic heterocycles. The van der Waals surface area contributed by atoms with E-state index in [1.165, 1.54) is 50.6 Å². The highest BCUT2D eigenvalue weighted by Gasteiger charge is 2.17. The molecule has 2 nitrogen and oxygen atoms in total. The summed E-state index contributed by atoms with van der Waals surface area (Å²) in [6.45, 7) is 4.46. The Kier molecular flexibility index (Phi) is 7.01. The molecule has 0 saturated heterocycles. The Bertz CT molecular complexity index is 415. The lowest BCUT2D eigenvalue weighted by molar-refractivity contribution is 0.189. The molecule has 0 amide bonds. The van der Waals surface area contributed by atoms with Gasteiger partial charge in [-0.15, -0.1) is 0 Å². The Hall–Kier alpha value is -0.570. The molecule has 1 aromatic carbocycles. The van der Waals surface area contributed by atoms with Gasteiger partial charge in [0.25, 0.3) is 0 Å². The van der Waals surface area contributed by atoms with Gasteiger partial charge < -0.3 is 10.2 Å². The second-order valence-electron chi connectivity index (χ2n) is 6.36. The average Bonchev–Trinajstić information content (AvgIpc) is 2.52. The fraction of sp³-hybridized carbons (Fsp3) is 0.667. The Morgan fingerprint density at radius 1 is 1.29 bits per heavy atom. The molecule has 0 aliphatic heterocycles. The molecule has 1 unspecified atom stereocenters. The van der Waals surface area contributed by atoms with Crippen molar-refractivity contribution in [3.63, 3.8) is 0 Å². The maximum atomic E-state index is 6.04. The van der Waals surface area contributed by atoms with Gasteiger partial charge in [-0.25, -0.2) is 0 Å². The maximum absolute atomic E-state index is 6.04. The first-order valence-electron chi connectivity index (χ1n) is 8.36. The molecule has 0 bridgehead atoms. The molecule has 1 fully saturated rings. The minimum atomic E-state index is 0.365. The van der Waals surface area contributed by atoms with E-state index in [2.05, 4.69) is 30.3 Å². The summed E-state index contributed by atoms with van der Waals surface area (Å²) in [5, 5.41) is 4.42. The topological polar surface area (TPSA) is 15.3 Å². The van der Waals surface area contributed by atoms with E-state index < -0.39 is 0 Å². The van der Waals surface area contributed by atoms with Crippen LogP contribution in [0.15, 0.2) is 24.3 Å². The van der Waals surface area contributed by atoms with E-state index in [0.717, 1.165) is 17.6 Å². The van der Waals surface area contributed by atoms with Gasteiger partial charge in [0.1, 0.15) is 0 Å². The van der Waals surface area contributed by atoms with Crippen molar-refractivity contribution in [2.75, 3.05) is 20.1 Å². The molecule has 3 heteroatoms. The molecule has 1 N–H and O–H groups in total. The Morgan fingerprint density at radius 2 is 2.05 bits per heavy atom. The summed E-state index contributed by atoms with van der Waals surface area (Å²) in [4.78, 5) is 2.56. The van der Waals surface area contributed by atoms with Gasteiger partial charge in [-0.1, -0.05) is 43.0 Å². The zero-order valence-corrected chi connectivity index (χ0v) is 14.2. The molecule has 0 spiro atoms. The summed E-state index contributed by atoms with van der Waals surface area (Å²) < 4.78 is 0. The lowest BCUT2D eigenvalue weighted by Crippen LogP contribution is -2.35. The molecule has 1 aliphatic rings. The predicted molar refractivity (Wildman–Crippen MR) is 92.0 cm³/mol. The van der Waals surface area contributed by atoms with Gasteiger partial charge in [0.05, 0.1) is 0 Å². The van der Waals surface area contributed by atoms with Gasteiger partial charge in [-0.05, 0) is 64.0 Å². The van der Waals surface area contributed by atoms with Crippen molar-refractivity contribution in [2.24, 2.45) is 0 Å². The first-order chi connectivity index (χ1) is 10.2. The second-order valence-corrected chi connectivity index (χ2v) is 6.79. The smallest absolute Gasteiger partial charge is 0.0409 e. The van der Waals surface area contributed by atoms with E-state index in [1.54, 1.807) is 0 Å². The number of halogens is 1. The standard InChI is InChI=1S/C18H29ClN2/c1-15(16-8-6-9-17(19)14-16)20-12-7-13-21(2)18-10-4-3-5-11-18/h6,8-9,14-15,18,20H,3-5,7,10-13H2,1-2H3. The number of nitrogens with one attached hydrogen (secondary N) is 1. The van der Waals surface area contributed by atoms with Crippen LogP contribution in [0.4, 0.5) is 0 Å². The minimum absolute atomic E-state index is 0.365. The van der Waals surface area contributed by atoms with E-state index in [9.17, 15) is 0 Å². The van der Waals surface area contributed by atoms with Gasteiger partial charge in [0.15, 0.2) is 0 Å². The zero-order chi connectivity index (χ0) is 15.1. The molecular weight excluding hydrogens is 280 g/mol. The number of hydrogen-bond acceptors (Lipinski definition) is 2. The summed E-state index contributed by atoms with van der Waals surface area (Å²) in [7, 11) is 2.29. The summed E-state index contributed by atoms with van der Waals surface area (Å²) in [6, 6.07) is 9.32. The van der Waals surface area contributed by atoms with Crippen molar-refractivity contribution in [1.29, 1.82) is 0 Å². The molecule has 1 atom stereocenters. The van der Waals surface area contributed by atoms with Crippen molar-refractivity contribution in [2.45, 2.75) is 57.5 Å². The van der Waals surface area contributed by atoms with Crippen LogP contribution < -0.4 is 5.32 Å². The average molecular weight is 309 g/mol.